The molecule has 0 radical (unpaired) electrons. The van der Waals surface area contributed by atoms with Crippen LogP contribution in [0, 0.1) is 5.82 Å². The van der Waals surface area contributed by atoms with Gasteiger partial charge in [0.2, 0.25) is 0 Å². The molecule has 0 bridgehead atoms. The summed E-state index contributed by atoms with van der Waals surface area (Å²) in [5, 5.41) is 15.7. The quantitative estimate of drug-likeness (QED) is 0.273. The van der Waals surface area contributed by atoms with E-state index < -0.39 is 17.4 Å². The van der Waals surface area contributed by atoms with E-state index in [0.717, 1.165) is 46.9 Å². The number of hydrogen-bond donors (Lipinski definition) is 2. The minimum atomic E-state index is -1.91. The van der Waals surface area contributed by atoms with Gasteiger partial charge < -0.3 is 28.9 Å². The Hall–Kier alpha value is -3.34. The molecule has 10 heteroatoms. The number of ether oxygens (including phenoxy) is 2. The minimum Gasteiger partial charge on any atom is -0.494 e. The average Bonchev–Trinajstić information content (AvgIpc) is 3.30. The van der Waals surface area contributed by atoms with Crippen molar-refractivity contribution in [3.05, 3.63) is 56.6 Å². The zero-order valence-corrected chi connectivity index (χ0v) is 24.3. The van der Waals surface area contributed by atoms with E-state index in [0.29, 0.717) is 42.1 Å². The van der Waals surface area contributed by atoms with E-state index in [2.05, 4.69) is 26.2 Å². The Morgan fingerprint density at radius 2 is 1.98 bits per heavy atom. The number of quaternary nitrogens is 1. The lowest BCUT2D eigenvalue weighted by atomic mass is 9.86. The summed E-state index contributed by atoms with van der Waals surface area (Å²) in [6.07, 6.45) is 2.17. The van der Waals surface area contributed by atoms with Crippen molar-refractivity contribution in [1.82, 2.24) is 14.9 Å². The van der Waals surface area contributed by atoms with Crippen molar-refractivity contribution in [3.63, 3.8) is 0 Å². The average molecular weight is 566 g/mol. The number of carbonyl (C=O) groups is 1. The number of esters is 1. The van der Waals surface area contributed by atoms with Gasteiger partial charge in [-0.3, -0.25) is 4.79 Å². The molecule has 0 saturated carbocycles. The van der Waals surface area contributed by atoms with Crippen LogP contribution < -0.4 is 15.6 Å². The molecule has 1 saturated heterocycles. The summed E-state index contributed by atoms with van der Waals surface area (Å²) < 4.78 is 28.0. The third kappa shape index (κ3) is 4.43. The molecule has 0 unspecified atom stereocenters. The molecule has 2 aromatic heterocycles. The van der Waals surface area contributed by atoms with Gasteiger partial charge >= 0.3 is 5.97 Å². The third-order valence-corrected chi connectivity index (χ3v) is 9.22. The van der Waals surface area contributed by atoms with Crippen molar-refractivity contribution in [3.8, 4) is 17.1 Å². The van der Waals surface area contributed by atoms with Crippen LogP contribution in [0.15, 0.2) is 23.0 Å². The molecule has 1 fully saturated rings. The second-order valence-electron chi connectivity index (χ2n) is 12.3. The maximum absolute atomic E-state index is 14.9. The lowest BCUT2D eigenvalue weighted by Crippen LogP contribution is -2.53. The number of nitrogens with zero attached hydrogens (tertiary/aromatic N) is 3. The number of benzene rings is 1. The Balaban J connectivity index is 1.51. The van der Waals surface area contributed by atoms with E-state index in [-0.39, 0.29) is 35.5 Å². The van der Waals surface area contributed by atoms with Gasteiger partial charge in [-0.2, -0.15) is 0 Å². The minimum absolute atomic E-state index is 0.0679. The number of pyridine rings is 2. The number of methoxy groups -OCH3 is 1. The highest BCUT2D eigenvalue weighted by Gasteiger charge is 2.46. The molecule has 3 aliphatic rings. The normalized spacial score (nSPS) is 25.2. The molecule has 1 atom stereocenters. The summed E-state index contributed by atoms with van der Waals surface area (Å²) in [6.45, 7) is 8.77. The molecule has 218 valence electrons. The Morgan fingerprint density at radius 3 is 2.63 bits per heavy atom. The van der Waals surface area contributed by atoms with Gasteiger partial charge in [0.1, 0.15) is 13.2 Å². The Kier molecular flexibility index (Phi) is 6.71. The first-order valence-electron chi connectivity index (χ1n) is 14.4. The molecule has 0 aliphatic carbocycles. The second kappa shape index (κ2) is 9.89. The fourth-order valence-corrected chi connectivity index (χ4v) is 6.87. The molecule has 41 heavy (non-hydrogen) atoms. The zero-order valence-electron chi connectivity index (χ0n) is 24.3. The molecule has 9 nitrogen and oxygen atoms in total. The molecular formula is C31H38FN4O5+. The number of rotatable bonds is 6. The molecule has 0 spiro atoms. The zero-order chi connectivity index (χ0) is 29.3. The number of aliphatic hydroxyl groups is 1. The van der Waals surface area contributed by atoms with Gasteiger partial charge in [0.15, 0.2) is 17.2 Å². The summed E-state index contributed by atoms with van der Waals surface area (Å²) >= 11 is 0. The van der Waals surface area contributed by atoms with Crippen molar-refractivity contribution in [2.75, 3.05) is 27.2 Å². The Bertz CT molecular complexity index is 1630. The van der Waals surface area contributed by atoms with Crippen molar-refractivity contribution in [2.45, 2.75) is 77.4 Å². The number of nitrogens with one attached hydrogen (secondary N) is 1. The van der Waals surface area contributed by atoms with Gasteiger partial charge in [0.25, 0.3) is 5.56 Å². The van der Waals surface area contributed by atoms with Gasteiger partial charge in [-0.25, -0.2) is 14.2 Å². The van der Waals surface area contributed by atoms with E-state index in [1.165, 1.54) is 13.2 Å². The van der Waals surface area contributed by atoms with Crippen LogP contribution >= 0.6 is 0 Å². The van der Waals surface area contributed by atoms with E-state index in [9.17, 15) is 19.1 Å². The molecule has 5 heterocycles. The number of hydrogen-bond acceptors (Lipinski definition) is 7. The van der Waals surface area contributed by atoms with Crippen molar-refractivity contribution in [1.29, 1.82) is 0 Å². The summed E-state index contributed by atoms with van der Waals surface area (Å²) in [7, 11) is 3.70. The molecule has 1 aromatic carbocycles. The number of halogens is 1. The molecule has 2 N–H and O–H groups in total. The van der Waals surface area contributed by atoms with Crippen LogP contribution in [0.25, 0.3) is 22.3 Å². The van der Waals surface area contributed by atoms with Crippen LogP contribution in [0.5, 0.6) is 5.75 Å². The first-order valence-corrected chi connectivity index (χ1v) is 14.4. The summed E-state index contributed by atoms with van der Waals surface area (Å²) in [4.78, 5) is 31.2. The van der Waals surface area contributed by atoms with Gasteiger partial charge in [-0.1, -0.05) is 20.8 Å². The van der Waals surface area contributed by atoms with Crippen LogP contribution in [-0.4, -0.2) is 64.4 Å². The number of fused-ring (bicyclic) bond motifs is 5. The lowest BCUT2D eigenvalue weighted by molar-refractivity contribution is -0.927. The number of aromatic nitrogens is 2. The van der Waals surface area contributed by atoms with Crippen LogP contribution in [0.2, 0.25) is 0 Å². The molecule has 0 amide bonds. The number of carbonyl (C=O) groups excluding carboxylic acids is 1. The highest BCUT2D eigenvalue weighted by atomic mass is 19.1. The highest BCUT2D eigenvalue weighted by molar-refractivity contribution is 5.90. The smallest absolute Gasteiger partial charge is 0.343 e. The largest absolute Gasteiger partial charge is 0.494 e. The monoisotopic (exact) mass is 565 g/mol. The summed E-state index contributed by atoms with van der Waals surface area (Å²) in [5.74, 6) is -1.12. The maximum atomic E-state index is 14.9. The molecule has 3 aliphatic heterocycles. The third-order valence-electron chi connectivity index (χ3n) is 9.22. The molecular weight excluding hydrogens is 527 g/mol. The summed E-state index contributed by atoms with van der Waals surface area (Å²) in [5.41, 5.74) is 1.83. The molecule has 6 rings (SSSR count). The van der Waals surface area contributed by atoms with E-state index in [1.54, 1.807) is 23.6 Å². The summed E-state index contributed by atoms with van der Waals surface area (Å²) in [6, 6.07) is 5.71. The first-order chi connectivity index (χ1) is 19.5. The fraction of sp³-hybridized carbons (Fsp3) is 0.516. The maximum Gasteiger partial charge on any atom is 0.343 e. The van der Waals surface area contributed by atoms with E-state index in [1.807, 2.05) is 0 Å². The number of cyclic esters (lactones) is 1. The topological polar surface area (TPSA) is 103 Å². The predicted octanol–water partition coefficient (Wildman–Crippen LogP) is 3.33. The Labute approximate surface area is 238 Å². The van der Waals surface area contributed by atoms with Crippen LogP contribution in [0.4, 0.5) is 4.39 Å². The van der Waals surface area contributed by atoms with Gasteiger partial charge in [-0.05, 0) is 18.6 Å². The van der Waals surface area contributed by atoms with Crippen molar-refractivity contribution >= 4 is 16.9 Å². The number of likely N-dealkylation sites (tertiary alicyclic amines) is 1. The molecule has 3 aromatic rings. The van der Waals surface area contributed by atoms with Crippen LogP contribution in [-0.2, 0) is 34.8 Å². The van der Waals surface area contributed by atoms with E-state index >= 15 is 0 Å². The van der Waals surface area contributed by atoms with E-state index in [4.69, 9.17) is 14.5 Å². The fourth-order valence-electron chi connectivity index (χ4n) is 6.87. The predicted molar refractivity (Wildman–Crippen MR) is 152 cm³/mol. The van der Waals surface area contributed by atoms with Crippen molar-refractivity contribution < 1.29 is 28.2 Å². The SMILES string of the molecule is CC[C@@]1(O)C(=O)OCc2c1cc1n(c2=O)Cc2c-1nc1cc(F)c(OC)cc1c2C[N+]1(C)CCC(NC(C)C)CC1. The number of piperidine rings is 1. The van der Waals surface area contributed by atoms with Crippen molar-refractivity contribution in [2.24, 2.45) is 0 Å². The first kappa shape index (κ1) is 27.8. The van der Waals surface area contributed by atoms with Crippen LogP contribution in [0.1, 0.15) is 62.3 Å². The standard InChI is InChI=1S/C31H38FN4O5/c1-6-31(39)23-12-26-28-20(14-35(26)29(37)22(23)16-41-30(31)38)21(19-11-27(40-5)24(32)13-25(19)34-28)15-36(4)9-7-18(8-10-36)33-17(2)3/h11-13,17-18,33,39H,6-10,14-16H2,1-5H3/q+1/t18?,31-,36?/m0/s1. The highest BCUT2D eigenvalue weighted by Crippen LogP contribution is 2.42. The second-order valence-corrected chi connectivity index (χ2v) is 12.3. The van der Waals surface area contributed by atoms with Crippen LogP contribution in [0.3, 0.4) is 0 Å². The van der Waals surface area contributed by atoms with Gasteiger partial charge in [-0.15, -0.1) is 0 Å². The van der Waals surface area contributed by atoms with Gasteiger partial charge in [0.05, 0.1) is 56.3 Å². The lowest BCUT2D eigenvalue weighted by Gasteiger charge is -2.41. The van der Waals surface area contributed by atoms with Gasteiger partial charge in [0, 0.05) is 53.1 Å². The Morgan fingerprint density at radius 1 is 1.24 bits per heavy atom.